The molecule has 0 bridgehead atoms. The molecule has 1 aromatic rings. The van der Waals surface area contributed by atoms with Crippen molar-refractivity contribution in [3.8, 4) is 5.75 Å². The molecule has 26 heavy (non-hydrogen) atoms. The van der Waals surface area contributed by atoms with Crippen molar-refractivity contribution in [2.24, 2.45) is 0 Å². The topological polar surface area (TPSA) is 117 Å². The first-order chi connectivity index (χ1) is 12.4. The predicted octanol–water partition coefficient (Wildman–Crippen LogP) is 0.698. The first-order valence-corrected chi connectivity index (χ1v) is 8.24. The Kier molecular flexibility index (Phi) is 5.81. The number of nitrogens with one attached hydrogen (secondary N) is 3. The number of methoxy groups -OCH3 is 1. The molecule has 1 fully saturated rings. The molecule has 3 N–H and O–H groups in total. The quantitative estimate of drug-likeness (QED) is 0.644. The molecule has 0 spiro atoms. The molecule has 1 aliphatic rings. The van der Waals surface area contributed by atoms with Gasteiger partial charge >= 0.3 is 12.1 Å². The van der Waals surface area contributed by atoms with Gasteiger partial charge in [0.25, 0.3) is 5.91 Å². The maximum atomic E-state index is 12.9. The maximum Gasteiger partial charge on any atom is 0.325 e. The second-order valence-corrected chi connectivity index (χ2v) is 5.72. The van der Waals surface area contributed by atoms with Crippen molar-refractivity contribution >= 4 is 23.9 Å². The van der Waals surface area contributed by atoms with E-state index in [-0.39, 0.29) is 0 Å². The van der Waals surface area contributed by atoms with E-state index in [4.69, 9.17) is 4.74 Å². The van der Waals surface area contributed by atoms with Crippen LogP contribution >= 0.6 is 0 Å². The van der Waals surface area contributed by atoms with E-state index in [1.54, 1.807) is 38.1 Å². The summed E-state index contributed by atoms with van der Waals surface area (Å²) in [7, 11) is 1.53. The van der Waals surface area contributed by atoms with Gasteiger partial charge in [-0.25, -0.2) is 9.59 Å². The van der Waals surface area contributed by atoms with Crippen LogP contribution in [-0.2, 0) is 15.1 Å². The fourth-order valence-electron chi connectivity index (χ4n) is 2.80. The third kappa shape index (κ3) is 3.61. The first-order valence-electron chi connectivity index (χ1n) is 8.24. The Morgan fingerprint density at radius 2 is 1.85 bits per heavy atom. The summed E-state index contributed by atoms with van der Waals surface area (Å²) in [5.41, 5.74) is -0.666. The van der Waals surface area contributed by atoms with E-state index in [1.165, 1.54) is 7.11 Å². The van der Waals surface area contributed by atoms with Gasteiger partial charge in [-0.2, -0.15) is 0 Å². The number of carbonyl (C=O) groups excluding carboxylic acids is 4. The van der Waals surface area contributed by atoms with Crippen molar-refractivity contribution in [1.29, 1.82) is 0 Å². The Labute approximate surface area is 151 Å². The Hall–Kier alpha value is -3.10. The van der Waals surface area contributed by atoms with Gasteiger partial charge in [-0.15, -0.1) is 0 Å². The molecule has 1 atom stereocenters. The van der Waals surface area contributed by atoms with Crippen molar-refractivity contribution in [3.63, 3.8) is 0 Å². The zero-order valence-corrected chi connectivity index (χ0v) is 14.9. The third-order valence-electron chi connectivity index (χ3n) is 4.18. The van der Waals surface area contributed by atoms with Crippen LogP contribution in [0.4, 0.5) is 9.59 Å². The molecule has 0 radical (unpaired) electrons. The minimum absolute atomic E-state index is 0.304. The third-order valence-corrected chi connectivity index (χ3v) is 4.18. The van der Waals surface area contributed by atoms with E-state index < -0.39 is 36.0 Å². The van der Waals surface area contributed by atoms with Crippen molar-refractivity contribution < 1.29 is 23.9 Å². The highest BCUT2D eigenvalue weighted by molar-refractivity contribution is 6.10. The van der Waals surface area contributed by atoms with E-state index in [9.17, 15) is 19.2 Å². The lowest BCUT2D eigenvalue weighted by Gasteiger charge is -2.25. The normalized spacial score (nSPS) is 19.1. The predicted molar refractivity (Wildman–Crippen MR) is 92.4 cm³/mol. The summed E-state index contributed by atoms with van der Waals surface area (Å²) in [6.07, 6.45) is 0.304. The van der Waals surface area contributed by atoms with Gasteiger partial charge in [0.05, 0.1) is 7.11 Å². The van der Waals surface area contributed by atoms with Crippen LogP contribution in [0.2, 0.25) is 0 Å². The lowest BCUT2D eigenvalue weighted by atomic mass is 9.87. The van der Waals surface area contributed by atoms with E-state index in [1.807, 2.05) is 0 Å². The molecule has 2 rings (SSSR count). The van der Waals surface area contributed by atoms with E-state index >= 15 is 0 Å². The lowest BCUT2D eigenvalue weighted by molar-refractivity contribution is -0.135. The zero-order valence-electron chi connectivity index (χ0n) is 14.9. The Balaban J connectivity index is 2.19. The van der Waals surface area contributed by atoms with Crippen molar-refractivity contribution in [2.75, 3.05) is 20.2 Å². The zero-order chi connectivity index (χ0) is 19.3. The second-order valence-electron chi connectivity index (χ2n) is 5.72. The second kappa shape index (κ2) is 7.85. The Bertz CT molecular complexity index is 718. The molecule has 9 nitrogen and oxygen atoms in total. The molecule has 1 saturated heterocycles. The number of urea groups is 2. The van der Waals surface area contributed by atoms with Gasteiger partial charge in [-0.05, 0) is 31.0 Å². The number of amides is 6. The maximum absolute atomic E-state index is 12.9. The molecule has 0 aliphatic carbocycles. The van der Waals surface area contributed by atoms with Crippen LogP contribution in [0.5, 0.6) is 5.75 Å². The van der Waals surface area contributed by atoms with Gasteiger partial charge in [-0.1, -0.05) is 19.1 Å². The molecule has 1 aromatic carbocycles. The smallest absolute Gasteiger partial charge is 0.325 e. The number of hydrogen-bond acceptors (Lipinski definition) is 5. The Morgan fingerprint density at radius 1 is 1.19 bits per heavy atom. The summed E-state index contributed by atoms with van der Waals surface area (Å²) in [5.74, 6) is -0.669. The fraction of sp³-hybridized carbons (Fsp3) is 0.412. The minimum atomic E-state index is -1.25. The highest BCUT2D eigenvalue weighted by atomic mass is 16.5. The monoisotopic (exact) mass is 362 g/mol. The molecular formula is C17H22N4O5. The summed E-state index contributed by atoms with van der Waals surface area (Å²) < 4.78 is 5.10. The first kappa shape index (κ1) is 19.2. The SMILES string of the molecule is CCNC(=O)NC(=O)CN1C(=O)N[C@](CC)(c2ccc(OC)cc2)C1=O. The van der Waals surface area contributed by atoms with Crippen LogP contribution in [0.15, 0.2) is 24.3 Å². The highest BCUT2D eigenvalue weighted by Crippen LogP contribution is 2.33. The molecule has 6 amide bonds. The van der Waals surface area contributed by atoms with Crippen LogP contribution in [-0.4, -0.2) is 49.0 Å². The van der Waals surface area contributed by atoms with Crippen molar-refractivity contribution in [2.45, 2.75) is 25.8 Å². The summed E-state index contributed by atoms with van der Waals surface area (Å²) in [6.45, 7) is 3.27. The number of hydrogen-bond donors (Lipinski definition) is 3. The number of imide groups is 2. The van der Waals surface area contributed by atoms with Gasteiger partial charge in [0.15, 0.2) is 0 Å². The Morgan fingerprint density at radius 3 is 2.38 bits per heavy atom. The number of rotatable bonds is 6. The van der Waals surface area contributed by atoms with Crippen LogP contribution in [0.1, 0.15) is 25.8 Å². The molecule has 1 heterocycles. The largest absolute Gasteiger partial charge is 0.497 e. The highest BCUT2D eigenvalue weighted by Gasteiger charge is 2.51. The molecule has 9 heteroatoms. The molecule has 1 aliphatic heterocycles. The van der Waals surface area contributed by atoms with Crippen LogP contribution in [0.25, 0.3) is 0 Å². The number of carbonyl (C=O) groups is 4. The van der Waals surface area contributed by atoms with Gasteiger partial charge in [-0.3, -0.25) is 19.8 Å². The van der Waals surface area contributed by atoms with Crippen LogP contribution in [0, 0.1) is 0 Å². The van der Waals surface area contributed by atoms with Crippen LogP contribution < -0.4 is 20.7 Å². The summed E-state index contributed by atoms with van der Waals surface area (Å²) in [6, 6.07) is 5.41. The fourth-order valence-corrected chi connectivity index (χ4v) is 2.80. The van der Waals surface area contributed by atoms with Gasteiger partial charge < -0.3 is 15.4 Å². The number of ether oxygens (including phenoxy) is 1. The van der Waals surface area contributed by atoms with Crippen molar-refractivity contribution in [1.82, 2.24) is 20.9 Å². The molecule has 140 valence electrons. The standard InChI is InChI=1S/C17H22N4O5/c1-4-17(11-6-8-12(26-3)9-7-11)14(23)21(16(25)20-17)10-13(22)19-15(24)18-5-2/h6-9H,4-5,10H2,1-3H3,(H,20,25)(H2,18,19,22,24)/t17-/m1/s1. The van der Waals surface area contributed by atoms with E-state index in [2.05, 4.69) is 16.0 Å². The molecular weight excluding hydrogens is 340 g/mol. The summed E-state index contributed by atoms with van der Waals surface area (Å²) >= 11 is 0. The van der Waals surface area contributed by atoms with E-state index in [0.29, 0.717) is 24.3 Å². The number of benzene rings is 1. The molecule has 0 saturated carbocycles. The number of nitrogens with zero attached hydrogens (tertiary/aromatic N) is 1. The van der Waals surface area contributed by atoms with Gasteiger partial charge in [0.2, 0.25) is 5.91 Å². The molecule has 0 unspecified atom stereocenters. The summed E-state index contributed by atoms with van der Waals surface area (Å²) in [5, 5.41) is 7.14. The van der Waals surface area contributed by atoms with E-state index in [0.717, 1.165) is 4.90 Å². The van der Waals surface area contributed by atoms with Crippen molar-refractivity contribution in [3.05, 3.63) is 29.8 Å². The van der Waals surface area contributed by atoms with Gasteiger partial charge in [0.1, 0.15) is 17.8 Å². The lowest BCUT2D eigenvalue weighted by Crippen LogP contribution is -2.47. The van der Waals surface area contributed by atoms with Gasteiger partial charge in [0, 0.05) is 6.54 Å². The summed E-state index contributed by atoms with van der Waals surface area (Å²) in [4.78, 5) is 49.3. The average molecular weight is 362 g/mol. The minimum Gasteiger partial charge on any atom is -0.497 e. The average Bonchev–Trinajstić information content (AvgIpc) is 2.87. The molecule has 0 aromatic heterocycles. The van der Waals surface area contributed by atoms with Crippen LogP contribution in [0.3, 0.4) is 0 Å².